The van der Waals surface area contributed by atoms with Crippen LogP contribution >= 0.6 is 0 Å². The molecule has 1 saturated carbocycles. The zero-order valence-corrected chi connectivity index (χ0v) is 36.1. The van der Waals surface area contributed by atoms with Gasteiger partial charge in [-0.25, -0.2) is 32.4 Å². The van der Waals surface area contributed by atoms with Crippen molar-refractivity contribution in [1.29, 1.82) is 4.78 Å². The highest BCUT2D eigenvalue weighted by Crippen LogP contribution is 2.52. The molecule has 0 unspecified atom stereocenters. The number of anilines is 1. The molecule has 0 spiro atoms. The number of aryl methyl sites for hydroxylation is 1. The van der Waals surface area contributed by atoms with Crippen LogP contribution in [0, 0.1) is 18.3 Å². The van der Waals surface area contributed by atoms with Crippen LogP contribution in [-0.2, 0) is 35.5 Å². The van der Waals surface area contributed by atoms with E-state index in [1.54, 1.807) is 43.5 Å². The minimum absolute atomic E-state index is 0.00637. The molecule has 60 heavy (non-hydrogen) atoms. The lowest BCUT2D eigenvalue weighted by atomic mass is 9.96. The second kappa shape index (κ2) is 17.0. The van der Waals surface area contributed by atoms with E-state index in [-0.39, 0.29) is 17.4 Å². The Hall–Kier alpha value is -5.21. The highest BCUT2D eigenvalue weighted by atomic mass is 32.2. The first kappa shape index (κ1) is 42.9. The number of ketones is 1. The van der Waals surface area contributed by atoms with Crippen molar-refractivity contribution < 1.29 is 27.3 Å². The van der Waals surface area contributed by atoms with Gasteiger partial charge in [-0.2, -0.15) is 0 Å². The number of Topliss-reactive ketones (excluding diaryl/α,β-unsaturated/α-hetero) is 1. The number of H-pyrrole nitrogens is 1. The molecule has 3 aromatic heterocycles. The largest absolute Gasteiger partial charge is 0.494 e. The quantitative estimate of drug-likeness (QED) is 0.0673. The van der Waals surface area contributed by atoms with E-state index in [4.69, 9.17) is 26.1 Å². The number of carbonyl (C=O) groups excluding carboxylic acids is 1. The maximum atomic E-state index is 13.2. The summed E-state index contributed by atoms with van der Waals surface area (Å²) in [7, 11) is -6.88. The van der Waals surface area contributed by atoms with Gasteiger partial charge in [-0.1, -0.05) is 18.2 Å². The van der Waals surface area contributed by atoms with Gasteiger partial charge in [0.1, 0.15) is 22.8 Å². The van der Waals surface area contributed by atoms with Crippen molar-refractivity contribution in [2.75, 3.05) is 49.7 Å². The lowest BCUT2D eigenvalue weighted by Gasteiger charge is -2.41. The minimum atomic E-state index is -3.99. The minimum Gasteiger partial charge on any atom is -0.494 e. The molecule has 5 aromatic rings. The van der Waals surface area contributed by atoms with Crippen molar-refractivity contribution in [3.8, 4) is 17.1 Å². The molecule has 3 N–H and O–H groups in total. The number of hydrogen-bond acceptors (Lipinski definition) is 12. The highest BCUT2D eigenvalue weighted by molar-refractivity contribution is 7.93. The maximum Gasteiger partial charge on any atom is 0.190 e. The second-order valence-corrected chi connectivity index (χ2v) is 20.9. The number of nitrogens with zero attached hydrogens (tertiary/aromatic N) is 6. The van der Waals surface area contributed by atoms with E-state index in [9.17, 15) is 22.5 Å². The standard InChI is InChI=1S/C44H52N8O6S2/c1-30-25-32(9-14-37(30)46-4)26-39(53)43(3,54)29-60(56,57)34-12-10-33(11-13-34)58-24-8-6-7-21-51-22-23-52(31(2)28-51)40-27-38(44(17-18-44)59(5,45)55)49-42(50-40)36-16-20-48-41-35(36)15-19-47-41/h9-16,19-20,25,27,31,45,54H,6-8,17-18,21-24,26,28-29H2,1-3,5H3,(H,47,48)/t31-,43+,59-/m1/s1. The number of fused-ring (bicyclic) bond motifs is 1. The maximum absolute atomic E-state index is 13.2. The third kappa shape index (κ3) is 9.24. The van der Waals surface area contributed by atoms with Crippen molar-refractivity contribution >= 4 is 47.9 Å². The molecular weight excluding hydrogens is 801 g/mol. The van der Waals surface area contributed by atoms with Crippen molar-refractivity contribution in [2.45, 2.75) is 80.6 Å². The number of hydrogen-bond donors (Lipinski definition) is 3. The summed E-state index contributed by atoms with van der Waals surface area (Å²) in [4.78, 5) is 38.7. The Bertz CT molecular complexity index is 2650. The Morgan fingerprint density at radius 1 is 1.07 bits per heavy atom. The van der Waals surface area contributed by atoms with Gasteiger partial charge in [0.2, 0.25) is 0 Å². The van der Waals surface area contributed by atoms with E-state index in [0.717, 1.165) is 67.9 Å². The van der Waals surface area contributed by atoms with E-state index in [0.29, 0.717) is 53.5 Å². The molecular formula is C44H52N8O6S2. The van der Waals surface area contributed by atoms with Crippen molar-refractivity contribution in [3.63, 3.8) is 0 Å². The van der Waals surface area contributed by atoms with Gasteiger partial charge in [-0.05, 0) is 107 Å². The number of nitrogens with one attached hydrogen (secondary N) is 2. The first-order chi connectivity index (χ1) is 28.5. The van der Waals surface area contributed by atoms with Gasteiger partial charge in [-0.15, -0.1) is 0 Å². The Morgan fingerprint density at radius 3 is 2.52 bits per heavy atom. The molecule has 0 bridgehead atoms. The zero-order chi connectivity index (χ0) is 42.9. The fourth-order valence-electron chi connectivity index (χ4n) is 8.04. The third-order valence-corrected chi connectivity index (χ3v) is 15.8. The van der Waals surface area contributed by atoms with Crippen LogP contribution in [0.4, 0.5) is 11.5 Å². The molecule has 7 rings (SSSR count). The van der Waals surface area contributed by atoms with Gasteiger partial charge in [-0.3, -0.25) is 14.5 Å². The fraction of sp³-hybridized carbons (Fsp3) is 0.432. The first-order valence-electron chi connectivity index (χ1n) is 20.2. The van der Waals surface area contributed by atoms with Crippen LogP contribution in [0.5, 0.6) is 5.75 Å². The summed E-state index contributed by atoms with van der Waals surface area (Å²) in [5.41, 5.74) is 1.95. The first-order valence-corrected chi connectivity index (χ1v) is 23.8. The van der Waals surface area contributed by atoms with Crippen molar-refractivity contribution in [2.24, 2.45) is 0 Å². The van der Waals surface area contributed by atoms with Crippen LogP contribution in [0.25, 0.3) is 27.3 Å². The van der Waals surface area contributed by atoms with Gasteiger partial charge in [0.15, 0.2) is 27.1 Å². The molecule has 0 amide bonds. The summed E-state index contributed by atoms with van der Waals surface area (Å²) in [5.74, 6) is 0.498. The van der Waals surface area contributed by atoms with Crippen LogP contribution in [0.3, 0.4) is 0 Å². The van der Waals surface area contributed by atoms with Gasteiger partial charge in [0.25, 0.3) is 0 Å². The summed E-state index contributed by atoms with van der Waals surface area (Å²) in [5, 5.41) is 11.8. The molecule has 1 saturated heterocycles. The average molecular weight is 853 g/mol. The molecule has 14 nitrogen and oxygen atoms in total. The van der Waals surface area contributed by atoms with E-state index in [2.05, 4.69) is 31.5 Å². The summed E-state index contributed by atoms with van der Waals surface area (Å²) in [6.45, 7) is 16.3. The molecule has 0 radical (unpaired) electrons. The summed E-state index contributed by atoms with van der Waals surface area (Å²) >= 11 is 0. The number of aliphatic hydroxyl groups is 1. The average Bonchev–Trinajstić information content (AvgIpc) is 3.90. The summed E-state index contributed by atoms with van der Waals surface area (Å²) in [6.07, 6.45) is 9.05. The molecule has 3 atom stereocenters. The van der Waals surface area contributed by atoms with Crippen LogP contribution < -0.4 is 9.64 Å². The number of piperazine rings is 1. The molecule has 316 valence electrons. The number of rotatable bonds is 17. The number of carbonyl (C=O) groups is 1. The highest BCUT2D eigenvalue weighted by Gasteiger charge is 2.53. The number of unbranched alkanes of at least 4 members (excludes halogenated alkanes) is 2. The summed E-state index contributed by atoms with van der Waals surface area (Å²) < 4.78 is 53.3. The smallest absolute Gasteiger partial charge is 0.190 e. The molecule has 2 fully saturated rings. The molecule has 1 aliphatic heterocycles. The fourth-order valence-corrected chi connectivity index (χ4v) is 11.0. The number of aromatic nitrogens is 4. The number of benzene rings is 2. The molecule has 4 heterocycles. The van der Waals surface area contributed by atoms with Gasteiger partial charge in [0, 0.05) is 67.8 Å². The third-order valence-electron chi connectivity index (χ3n) is 11.7. The van der Waals surface area contributed by atoms with Gasteiger partial charge in [0.05, 0.1) is 44.0 Å². The Labute approximate surface area is 352 Å². The number of aromatic amines is 1. The Kier molecular flexibility index (Phi) is 12.2. The SMILES string of the molecule is [C-]#[N+]c1ccc(CC(=O)[C@@](C)(O)CS(=O)(=O)c2ccc(OCCCCCN3CCN(c4cc(C5([S@](C)(=N)=O)CC5)nc(-c5ccnc6[nH]ccc56)n4)[C@H](C)C3)cc2)cc1C. The van der Waals surface area contributed by atoms with Crippen LogP contribution in [0.2, 0.25) is 0 Å². The molecule has 16 heteroatoms. The van der Waals surface area contributed by atoms with Crippen LogP contribution in [-0.4, -0.2) is 105 Å². The Balaban J connectivity index is 0.880. The lowest BCUT2D eigenvalue weighted by molar-refractivity contribution is -0.133. The van der Waals surface area contributed by atoms with E-state index in [1.165, 1.54) is 25.3 Å². The Morgan fingerprint density at radius 2 is 1.83 bits per heavy atom. The topological polar surface area (TPSA) is 187 Å². The second-order valence-electron chi connectivity index (χ2n) is 16.5. The number of pyridine rings is 1. The van der Waals surface area contributed by atoms with E-state index in [1.807, 2.05) is 24.4 Å². The normalized spacial score (nSPS) is 18.7. The van der Waals surface area contributed by atoms with Gasteiger partial charge >= 0.3 is 0 Å². The predicted molar refractivity (Wildman–Crippen MR) is 233 cm³/mol. The molecule has 1 aliphatic carbocycles. The van der Waals surface area contributed by atoms with E-state index >= 15 is 0 Å². The zero-order valence-electron chi connectivity index (χ0n) is 34.5. The summed E-state index contributed by atoms with van der Waals surface area (Å²) in [6, 6.07) is 17.0. The van der Waals surface area contributed by atoms with Crippen molar-refractivity contribution in [1.82, 2.24) is 24.8 Å². The van der Waals surface area contributed by atoms with Gasteiger partial charge < -0.3 is 19.7 Å². The van der Waals surface area contributed by atoms with Crippen LogP contribution in [0.15, 0.2) is 78.0 Å². The number of ether oxygens (including phenoxy) is 1. The predicted octanol–water partition coefficient (Wildman–Crippen LogP) is 6.64. The van der Waals surface area contributed by atoms with Crippen LogP contribution in [0.1, 0.15) is 62.8 Å². The molecule has 2 aromatic carbocycles. The molecule has 2 aliphatic rings. The number of sulfone groups is 1. The van der Waals surface area contributed by atoms with Crippen molar-refractivity contribution in [3.05, 3.63) is 101 Å². The van der Waals surface area contributed by atoms with E-state index < -0.39 is 41.5 Å². The lowest BCUT2D eigenvalue weighted by Crippen LogP contribution is -2.52. The monoisotopic (exact) mass is 852 g/mol.